The first kappa shape index (κ1) is 22.5. The molecule has 0 spiro atoms. The van der Waals surface area contributed by atoms with Crippen LogP contribution < -0.4 is 10.6 Å². The predicted octanol–water partition coefficient (Wildman–Crippen LogP) is 4.31. The third-order valence-electron chi connectivity index (χ3n) is 4.78. The molecule has 0 radical (unpaired) electrons. The fraction of sp³-hybridized carbons (Fsp3) is 0.391. The van der Waals surface area contributed by atoms with Gasteiger partial charge >= 0.3 is 0 Å². The van der Waals surface area contributed by atoms with Crippen LogP contribution in [0.5, 0.6) is 0 Å². The molecule has 0 atom stereocenters. The molecular formula is C23H29ClN4OS. The number of carbonyl (C=O) groups is 1. The van der Waals surface area contributed by atoms with Crippen molar-refractivity contribution in [1.82, 2.24) is 15.5 Å². The standard InChI is InChI=1S/C23H29ClN4OS/c1-2-25-23(26-12-14-30-21-10-8-20(24)9-11-21)27-16-18-5-3-6-19(15-18)17-28-13-4-7-22(28)29/h3,5-6,8-11,15H,2,4,7,12-14,16-17H2,1H3,(H2,25,26,27). The van der Waals surface area contributed by atoms with E-state index in [1.807, 2.05) is 35.2 Å². The number of hydrogen-bond acceptors (Lipinski definition) is 3. The van der Waals surface area contributed by atoms with Gasteiger partial charge in [-0.3, -0.25) is 4.79 Å². The van der Waals surface area contributed by atoms with Crippen LogP contribution in [-0.2, 0) is 17.9 Å². The molecule has 160 valence electrons. The van der Waals surface area contributed by atoms with Gasteiger partial charge in [0.05, 0.1) is 6.54 Å². The number of halogens is 1. The van der Waals surface area contributed by atoms with Gasteiger partial charge in [-0.1, -0.05) is 35.9 Å². The van der Waals surface area contributed by atoms with Crippen LogP contribution >= 0.6 is 23.4 Å². The maximum atomic E-state index is 11.9. The predicted molar refractivity (Wildman–Crippen MR) is 126 cm³/mol. The maximum Gasteiger partial charge on any atom is 0.222 e. The molecule has 1 saturated heterocycles. The topological polar surface area (TPSA) is 56.7 Å². The average molecular weight is 445 g/mol. The first-order valence-corrected chi connectivity index (χ1v) is 11.8. The van der Waals surface area contributed by atoms with E-state index in [2.05, 4.69) is 35.8 Å². The van der Waals surface area contributed by atoms with Crippen LogP contribution in [0.15, 0.2) is 58.4 Å². The van der Waals surface area contributed by atoms with E-state index in [0.29, 0.717) is 19.5 Å². The van der Waals surface area contributed by atoms with Crippen LogP contribution in [0.4, 0.5) is 0 Å². The van der Waals surface area contributed by atoms with Gasteiger partial charge in [-0.25, -0.2) is 4.99 Å². The van der Waals surface area contributed by atoms with E-state index in [-0.39, 0.29) is 5.91 Å². The summed E-state index contributed by atoms with van der Waals surface area (Å²) in [5.41, 5.74) is 2.31. The van der Waals surface area contributed by atoms with Crippen molar-refractivity contribution in [3.63, 3.8) is 0 Å². The zero-order chi connectivity index (χ0) is 21.2. The molecule has 2 aromatic rings. The number of rotatable bonds is 9. The highest BCUT2D eigenvalue weighted by atomic mass is 35.5. The Morgan fingerprint density at radius 1 is 1.17 bits per heavy atom. The summed E-state index contributed by atoms with van der Waals surface area (Å²) in [5.74, 6) is 2.01. The number of aliphatic imine (C=N–C) groups is 1. The summed E-state index contributed by atoms with van der Waals surface area (Å²) in [4.78, 5) is 19.7. The second-order valence-electron chi connectivity index (χ2n) is 7.16. The molecule has 1 aliphatic rings. The number of nitrogens with zero attached hydrogens (tertiary/aromatic N) is 2. The van der Waals surface area contributed by atoms with Crippen molar-refractivity contribution in [1.29, 1.82) is 0 Å². The number of likely N-dealkylation sites (tertiary alicyclic amines) is 1. The van der Waals surface area contributed by atoms with Gasteiger partial charge < -0.3 is 15.5 Å². The number of amides is 1. The molecule has 2 N–H and O–H groups in total. The van der Waals surface area contributed by atoms with E-state index in [0.717, 1.165) is 53.9 Å². The zero-order valence-corrected chi connectivity index (χ0v) is 18.9. The summed E-state index contributed by atoms with van der Waals surface area (Å²) in [5, 5.41) is 7.45. The Morgan fingerprint density at radius 3 is 2.70 bits per heavy atom. The maximum absolute atomic E-state index is 11.9. The molecule has 1 heterocycles. The lowest BCUT2D eigenvalue weighted by Gasteiger charge is -2.16. The van der Waals surface area contributed by atoms with Crippen LogP contribution in [0.1, 0.15) is 30.9 Å². The van der Waals surface area contributed by atoms with Crippen molar-refractivity contribution in [2.75, 3.05) is 25.4 Å². The summed E-state index contributed by atoms with van der Waals surface area (Å²) in [6.45, 7) is 5.85. The van der Waals surface area contributed by atoms with Crippen LogP contribution in [0.25, 0.3) is 0 Å². The lowest BCUT2D eigenvalue weighted by Crippen LogP contribution is -2.38. The SMILES string of the molecule is CCNC(=NCc1cccc(CN2CCCC2=O)c1)NCCSc1ccc(Cl)cc1. The number of thioether (sulfide) groups is 1. The Morgan fingerprint density at radius 2 is 1.97 bits per heavy atom. The van der Waals surface area contributed by atoms with E-state index in [1.54, 1.807) is 11.8 Å². The summed E-state index contributed by atoms with van der Waals surface area (Å²) < 4.78 is 0. The van der Waals surface area contributed by atoms with Gasteiger partial charge in [-0.15, -0.1) is 11.8 Å². The van der Waals surface area contributed by atoms with Crippen LogP contribution in [0.2, 0.25) is 5.02 Å². The molecule has 30 heavy (non-hydrogen) atoms. The van der Waals surface area contributed by atoms with Crippen molar-refractivity contribution in [3.05, 3.63) is 64.7 Å². The number of nitrogens with one attached hydrogen (secondary N) is 2. The van der Waals surface area contributed by atoms with E-state index in [9.17, 15) is 4.79 Å². The molecule has 1 fully saturated rings. The molecule has 1 amide bonds. The molecule has 0 unspecified atom stereocenters. The number of carbonyl (C=O) groups excluding carboxylic acids is 1. The van der Waals surface area contributed by atoms with Crippen molar-refractivity contribution in [2.45, 2.75) is 37.8 Å². The Balaban J connectivity index is 1.49. The fourth-order valence-electron chi connectivity index (χ4n) is 3.30. The van der Waals surface area contributed by atoms with Gasteiger partial charge in [0, 0.05) is 48.3 Å². The Bertz CT molecular complexity index is 857. The third kappa shape index (κ3) is 7.26. The lowest BCUT2D eigenvalue weighted by molar-refractivity contribution is -0.128. The molecule has 0 saturated carbocycles. The monoisotopic (exact) mass is 444 g/mol. The van der Waals surface area contributed by atoms with Crippen LogP contribution in [0.3, 0.4) is 0 Å². The Hall–Kier alpha value is -2.18. The third-order valence-corrected chi connectivity index (χ3v) is 6.04. The van der Waals surface area contributed by atoms with E-state index < -0.39 is 0 Å². The summed E-state index contributed by atoms with van der Waals surface area (Å²) in [6, 6.07) is 16.3. The minimum atomic E-state index is 0.258. The molecule has 5 nitrogen and oxygen atoms in total. The van der Waals surface area contributed by atoms with Gasteiger partial charge in [0.1, 0.15) is 0 Å². The lowest BCUT2D eigenvalue weighted by atomic mass is 10.1. The molecule has 2 aromatic carbocycles. The second kappa shape index (κ2) is 11.9. The number of benzene rings is 2. The molecule has 0 aromatic heterocycles. The van der Waals surface area contributed by atoms with Crippen LogP contribution in [-0.4, -0.2) is 42.2 Å². The first-order chi connectivity index (χ1) is 14.6. The normalized spacial score (nSPS) is 14.3. The van der Waals surface area contributed by atoms with Crippen molar-refractivity contribution < 1.29 is 4.79 Å². The Labute approximate surface area is 188 Å². The fourth-order valence-corrected chi connectivity index (χ4v) is 4.19. The minimum Gasteiger partial charge on any atom is -0.357 e. The van der Waals surface area contributed by atoms with Gasteiger partial charge in [0.2, 0.25) is 5.91 Å². The quantitative estimate of drug-likeness (QED) is 0.262. The molecule has 7 heteroatoms. The number of hydrogen-bond donors (Lipinski definition) is 2. The molecule has 0 aliphatic carbocycles. The Kier molecular flexibility index (Phi) is 8.90. The minimum absolute atomic E-state index is 0.258. The van der Waals surface area contributed by atoms with Crippen molar-refractivity contribution >= 4 is 35.2 Å². The summed E-state index contributed by atoms with van der Waals surface area (Å²) >= 11 is 7.71. The van der Waals surface area contributed by atoms with Crippen molar-refractivity contribution in [2.24, 2.45) is 4.99 Å². The summed E-state index contributed by atoms with van der Waals surface area (Å²) in [7, 11) is 0. The highest BCUT2D eigenvalue weighted by Gasteiger charge is 2.19. The molecule has 3 rings (SSSR count). The van der Waals surface area contributed by atoms with Gasteiger partial charge in [0.15, 0.2) is 5.96 Å². The highest BCUT2D eigenvalue weighted by molar-refractivity contribution is 7.99. The second-order valence-corrected chi connectivity index (χ2v) is 8.77. The van der Waals surface area contributed by atoms with Crippen LogP contribution in [0, 0.1) is 0 Å². The molecular weight excluding hydrogens is 416 g/mol. The number of guanidine groups is 1. The molecule has 1 aliphatic heterocycles. The summed E-state index contributed by atoms with van der Waals surface area (Å²) in [6.07, 6.45) is 1.65. The molecule has 0 bridgehead atoms. The van der Waals surface area contributed by atoms with Gasteiger partial charge in [-0.2, -0.15) is 0 Å². The smallest absolute Gasteiger partial charge is 0.222 e. The van der Waals surface area contributed by atoms with E-state index in [4.69, 9.17) is 16.6 Å². The average Bonchev–Trinajstić information content (AvgIpc) is 3.15. The largest absolute Gasteiger partial charge is 0.357 e. The van der Waals surface area contributed by atoms with E-state index >= 15 is 0 Å². The highest BCUT2D eigenvalue weighted by Crippen LogP contribution is 2.19. The van der Waals surface area contributed by atoms with E-state index in [1.165, 1.54) is 4.90 Å². The first-order valence-electron chi connectivity index (χ1n) is 10.4. The zero-order valence-electron chi connectivity index (χ0n) is 17.4. The van der Waals surface area contributed by atoms with Gasteiger partial charge in [0.25, 0.3) is 0 Å². The van der Waals surface area contributed by atoms with Gasteiger partial charge in [-0.05, 0) is 48.7 Å². The van der Waals surface area contributed by atoms with Crippen molar-refractivity contribution in [3.8, 4) is 0 Å².